The quantitative estimate of drug-likeness (QED) is 0.814. The molecule has 112 valence electrons. The van der Waals surface area contributed by atoms with Crippen LogP contribution >= 0.6 is 0 Å². The summed E-state index contributed by atoms with van der Waals surface area (Å²) in [6.07, 6.45) is 0. The normalized spacial score (nSPS) is 13.1. The van der Waals surface area contributed by atoms with Gasteiger partial charge >= 0.3 is 5.97 Å². The van der Waals surface area contributed by atoms with Gasteiger partial charge in [-0.1, -0.05) is 20.8 Å². The van der Waals surface area contributed by atoms with Crippen molar-refractivity contribution >= 4 is 21.5 Å². The number of anilines is 1. The topological polar surface area (TPSA) is 72.5 Å². The maximum Gasteiger partial charge on any atom is 0.328 e. The van der Waals surface area contributed by atoms with E-state index in [1.807, 2.05) is 13.8 Å². The molecule has 20 heavy (non-hydrogen) atoms. The summed E-state index contributed by atoms with van der Waals surface area (Å²) in [6, 6.07) is 5.92. The lowest BCUT2D eigenvalue weighted by Gasteiger charge is -2.21. The molecule has 0 aromatic heterocycles. The van der Waals surface area contributed by atoms with Crippen LogP contribution in [0.5, 0.6) is 0 Å². The maximum atomic E-state index is 11.7. The Hall–Kier alpha value is -1.56. The fraction of sp³-hybridized carbons (Fsp3) is 0.500. The number of hydrogen-bond donors (Lipinski definition) is 1. The second-order valence-electron chi connectivity index (χ2n) is 4.82. The molecule has 1 rings (SSSR count). The van der Waals surface area contributed by atoms with Crippen molar-refractivity contribution in [3.8, 4) is 0 Å². The second kappa shape index (κ2) is 6.74. The summed E-state index contributed by atoms with van der Waals surface area (Å²) in [5.74, 6) is -0.219. The predicted octanol–water partition coefficient (Wildman–Crippen LogP) is 2.09. The summed E-state index contributed by atoms with van der Waals surface area (Å²) in [5, 5.41) is 3.06. The van der Waals surface area contributed by atoms with E-state index in [0.29, 0.717) is 5.69 Å². The highest BCUT2D eigenvalue weighted by Gasteiger charge is 2.22. The number of sulfone groups is 1. The lowest BCUT2D eigenvalue weighted by Crippen LogP contribution is -2.35. The zero-order chi connectivity index (χ0) is 15.3. The van der Waals surface area contributed by atoms with Crippen molar-refractivity contribution in [2.45, 2.75) is 31.7 Å². The maximum absolute atomic E-state index is 11.7. The molecule has 1 atom stereocenters. The molecule has 1 aromatic rings. The van der Waals surface area contributed by atoms with Crippen molar-refractivity contribution < 1.29 is 17.9 Å². The molecular weight excluding hydrogens is 278 g/mol. The third kappa shape index (κ3) is 3.96. The number of rotatable bonds is 6. The Morgan fingerprint density at radius 2 is 1.80 bits per heavy atom. The molecule has 5 nitrogen and oxygen atoms in total. The van der Waals surface area contributed by atoms with Crippen molar-refractivity contribution in [2.24, 2.45) is 5.92 Å². The Bertz CT molecular complexity index is 549. The van der Waals surface area contributed by atoms with Crippen LogP contribution in [0.3, 0.4) is 0 Å². The van der Waals surface area contributed by atoms with Crippen molar-refractivity contribution in [1.29, 1.82) is 0 Å². The molecule has 1 aromatic carbocycles. The highest BCUT2D eigenvalue weighted by Crippen LogP contribution is 2.18. The van der Waals surface area contributed by atoms with Gasteiger partial charge in [0.15, 0.2) is 9.84 Å². The number of nitrogens with one attached hydrogen (secondary N) is 1. The van der Waals surface area contributed by atoms with Gasteiger partial charge < -0.3 is 10.1 Å². The standard InChI is InChI=1S/C14H21NO4S/c1-5-20(17,18)12-8-6-11(7-9-12)15-13(10(2)3)14(16)19-4/h6-10,13,15H,5H2,1-4H3. The number of hydrogen-bond acceptors (Lipinski definition) is 5. The van der Waals surface area contributed by atoms with Gasteiger partial charge in [0.1, 0.15) is 6.04 Å². The number of esters is 1. The predicted molar refractivity (Wildman–Crippen MR) is 78.4 cm³/mol. The molecular formula is C14H21NO4S. The van der Waals surface area contributed by atoms with Gasteiger partial charge in [-0.3, -0.25) is 0 Å². The van der Waals surface area contributed by atoms with Gasteiger partial charge in [0.2, 0.25) is 0 Å². The van der Waals surface area contributed by atoms with Crippen molar-refractivity contribution in [3.63, 3.8) is 0 Å². The average Bonchev–Trinajstić information content (AvgIpc) is 2.44. The van der Waals surface area contributed by atoms with Gasteiger partial charge in [0, 0.05) is 5.69 Å². The molecule has 0 aliphatic heterocycles. The van der Waals surface area contributed by atoms with Crippen molar-refractivity contribution in [3.05, 3.63) is 24.3 Å². The number of carbonyl (C=O) groups excluding carboxylic acids is 1. The van der Waals surface area contributed by atoms with E-state index in [-0.39, 0.29) is 22.5 Å². The molecule has 0 radical (unpaired) electrons. The zero-order valence-electron chi connectivity index (χ0n) is 12.2. The summed E-state index contributed by atoms with van der Waals surface area (Å²) < 4.78 is 28.1. The minimum absolute atomic E-state index is 0.0569. The van der Waals surface area contributed by atoms with E-state index >= 15 is 0 Å². The largest absolute Gasteiger partial charge is 0.467 e. The molecule has 0 aliphatic rings. The molecule has 0 amide bonds. The highest BCUT2D eigenvalue weighted by atomic mass is 32.2. The first-order valence-electron chi connectivity index (χ1n) is 6.49. The molecule has 6 heteroatoms. The van der Waals surface area contributed by atoms with Gasteiger partial charge in [0.05, 0.1) is 17.8 Å². The van der Waals surface area contributed by atoms with E-state index in [0.717, 1.165) is 0 Å². The molecule has 0 bridgehead atoms. The van der Waals surface area contributed by atoms with Crippen LogP contribution in [0.1, 0.15) is 20.8 Å². The van der Waals surface area contributed by atoms with Gasteiger partial charge in [0.25, 0.3) is 0 Å². The Labute approximate surface area is 120 Å². The number of methoxy groups -OCH3 is 1. The first-order chi connectivity index (χ1) is 9.31. The van der Waals surface area contributed by atoms with Crippen LogP contribution < -0.4 is 5.32 Å². The summed E-state index contributed by atoms with van der Waals surface area (Å²) in [5.41, 5.74) is 0.684. The highest BCUT2D eigenvalue weighted by molar-refractivity contribution is 7.91. The number of ether oxygens (including phenoxy) is 1. The monoisotopic (exact) mass is 299 g/mol. The molecule has 0 heterocycles. The van der Waals surface area contributed by atoms with E-state index in [1.54, 1.807) is 19.1 Å². The van der Waals surface area contributed by atoms with Crippen LogP contribution in [0.25, 0.3) is 0 Å². The van der Waals surface area contributed by atoms with E-state index in [9.17, 15) is 13.2 Å². The minimum Gasteiger partial charge on any atom is -0.467 e. The summed E-state index contributed by atoms with van der Waals surface area (Å²) in [4.78, 5) is 11.9. The van der Waals surface area contributed by atoms with E-state index in [1.165, 1.54) is 19.2 Å². The Morgan fingerprint density at radius 3 is 2.20 bits per heavy atom. The second-order valence-corrected chi connectivity index (χ2v) is 7.10. The minimum atomic E-state index is -3.20. The molecule has 0 saturated carbocycles. The molecule has 0 fully saturated rings. The van der Waals surface area contributed by atoms with E-state index in [4.69, 9.17) is 4.74 Å². The van der Waals surface area contributed by atoms with Crippen LogP contribution in [-0.2, 0) is 19.4 Å². The Kier molecular flexibility index (Phi) is 5.56. The third-order valence-electron chi connectivity index (χ3n) is 3.04. The molecule has 0 spiro atoms. The van der Waals surface area contributed by atoms with Crippen LogP contribution in [0.15, 0.2) is 29.2 Å². The van der Waals surface area contributed by atoms with Crippen LogP contribution in [0.2, 0.25) is 0 Å². The smallest absolute Gasteiger partial charge is 0.328 e. The van der Waals surface area contributed by atoms with Gasteiger partial charge in [-0.05, 0) is 30.2 Å². The van der Waals surface area contributed by atoms with Crippen molar-refractivity contribution in [2.75, 3.05) is 18.2 Å². The van der Waals surface area contributed by atoms with Gasteiger partial charge in [-0.2, -0.15) is 0 Å². The SMILES string of the molecule is CCS(=O)(=O)c1ccc(NC(C(=O)OC)C(C)C)cc1. The van der Waals surface area contributed by atoms with Crippen LogP contribution in [0.4, 0.5) is 5.69 Å². The first kappa shape index (κ1) is 16.5. The zero-order valence-corrected chi connectivity index (χ0v) is 13.0. The molecule has 1 unspecified atom stereocenters. The lowest BCUT2D eigenvalue weighted by molar-refractivity contribution is -0.142. The molecule has 1 N–H and O–H groups in total. The Balaban J connectivity index is 2.91. The van der Waals surface area contributed by atoms with E-state index < -0.39 is 15.9 Å². The lowest BCUT2D eigenvalue weighted by atomic mass is 10.0. The van der Waals surface area contributed by atoms with Crippen molar-refractivity contribution in [1.82, 2.24) is 0 Å². The fourth-order valence-electron chi connectivity index (χ4n) is 1.73. The summed E-state index contributed by atoms with van der Waals surface area (Å²) in [7, 11) is -1.86. The average molecular weight is 299 g/mol. The third-order valence-corrected chi connectivity index (χ3v) is 4.79. The molecule has 0 aliphatic carbocycles. The fourth-order valence-corrected chi connectivity index (χ4v) is 2.61. The number of benzene rings is 1. The van der Waals surface area contributed by atoms with Crippen LogP contribution in [0, 0.1) is 5.92 Å². The van der Waals surface area contributed by atoms with Crippen LogP contribution in [-0.4, -0.2) is 33.3 Å². The first-order valence-corrected chi connectivity index (χ1v) is 8.14. The van der Waals surface area contributed by atoms with Gasteiger partial charge in [-0.15, -0.1) is 0 Å². The summed E-state index contributed by atoms with van der Waals surface area (Å²) in [6.45, 7) is 5.42. The number of carbonyl (C=O) groups is 1. The van der Waals surface area contributed by atoms with E-state index in [2.05, 4.69) is 5.32 Å². The molecule has 0 saturated heterocycles. The Morgan fingerprint density at radius 1 is 1.25 bits per heavy atom. The summed E-state index contributed by atoms with van der Waals surface area (Å²) >= 11 is 0. The van der Waals surface area contributed by atoms with Gasteiger partial charge in [-0.25, -0.2) is 13.2 Å².